The van der Waals surface area contributed by atoms with Crippen molar-refractivity contribution in [3.05, 3.63) is 36.2 Å². The number of amides is 1. The Bertz CT molecular complexity index is 679. The van der Waals surface area contributed by atoms with E-state index in [1.54, 1.807) is 6.92 Å². The summed E-state index contributed by atoms with van der Waals surface area (Å²) < 4.78 is 42.4. The van der Waals surface area contributed by atoms with E-state index in [4.69, 9.17) is 4.52 Å². The first-order valence-corrected chi connectivity index (χ1v) is 6.01. The molecule has 8 heteroatoms. The van der Waals surface area contributed by atoms with Gasteiger partial charge in [0.15, 0.2) is 0 Å². The molecule has 0 unspecified atom stereocenters. The molecular weight excluding hydrogens is 287 g/mol. The van der Waals surface area contributed by atoms with Gasteiger partial charge in [-0.1, -0.05) is 11.2 Å². The van der Waals surface area contributed by atoms with Gasteiger partial charge in [-0.2, -0.15) is 13.2 Å². The molecule has 0 aliphatic heterocycles. The van der Waals surface area contributed by atoms with E-state index in [1.807, 2.05) is 0 Å². The maximum absolute atomic E-state index is 12.5. The van der Waals surface area contributed by atoms with Gasteiger partial charge in [0.1, 0.15) is 6.54 Å². The van der Waals surface area contributed by atoms with E-state index in [1.165, 1.54) is 18.3 Å². The SMILES string of the molecule is C=CCN(CC(F)(F)F)C(=O)c1cnc2onc(C)c2c1. The molecule has 2 heterocycles. The van der Waals surface area contributed by atoms with Crippen LogP contribution in [0.5, 0.6) is 0 Å². The highest BCUT2D eigenvalue weighted by molar-refractivity contribution is 5.97. The molecule has 2 aromatic rings. The van der Waals surface area contributed by atoms with Gasteiger partial charge in [-0.05, 0) is 13.0 Å². The summed E-state index contributed by atoms with van der Waals surface area (Å²) in [5.74, 6) is -0.776. The van der Waals surface area contributed by atoms with E-state index in [0.29, 0.717) is 16.0 Å². The standard InChI is InChI=1S/C13H12F3N3O2/c1-3-4-19(7-13(14,15)16)12(20)9-5-10-8(2)18-21-11(10)17-6-9/h3,5-6H,1,4,7H2,2H3. The lowest BCUT2D eigenvalue weighted by atomic mass is 10.2. The molecule has 0 saturated carbocycles. The van der Waals surface area contributed by atoms with Crippen molar-refractivity contribution in [3.8, 4) is 0 Å². The lowest BCUT2D eigenvalue weighted by Crippen LogP contribution is -2.39. The van der Waals surface area contributed by atoms with Gasteiger partial charge >= 0.3 is 6.18 Å². The van der Waals surface area contributed by atoms with Gasteiger partial charge in [0, 0.05) is 12.7 Å². The summed E-state index contributed by atoms with van der Waals surface area (Å²) >= 11 is 0. The predicted octanol–water partition coefficient (Wildman–Crippen LogP) is 2.72. The summed E-state index contributed by atoms with van der Waals surface area (Å²) in [7, 11) is 0. The number of nitrogens with zero attached hydrogens (tertiary/aromatic N) is 3. The number of pyridine rings is 1. The number of rotatable bonds is 4. The summed E-state index contributed by atoms with van der Waals surface area (Å²) in [5, 5.41) is 4.17. The van der Waals surface area contributed by atoms with Crippen LogP contribution in [-0.4, -0.2) is 40.2 Å². The van der Waals surface area contributed by atoms with Gasteiger partial charge < -0.3 is 9.42 Å². The summed E-state index contributed by atoms with van der Waals surface area (Å²) in [4.78, 5) is 16.7. The summed E-state index contributed by atoms with van der Waals surface area (Å²) in [6.07, 6.45) is -2.08. The topological polar surface area (TPSA) is 59.2 Å². The third-order valence-electron chi connectivity index (χ3n) is 2.76. The minimum atomic E-state index is -4.48. The van der Waals surface area contributed by atoms with Crippen LogP contribution >= 0.6 is 0 Å². The van der Waals surface area contributed by atoms with E-state index >= 15 is 0 Å². The van der Waals surface area contributed by atoms with Crippen molar-refractivity contribution in [1.29, 1.82) is 0 Å². The zero-order valence-corrected chi connectivity index (χ0v) is 11.1. The zero-order chi connectivity index (χ0) is 15.6. The molecule has 1 amide bonds. The fourth-order valence-electron chi connectivity index (χ4n) is 1.84. The Hall–Kier alpha value is -2.38. The molecular formula is C13H12F3N3O2. The molecule has 0 atom stereocenters. The normalized spacial score (nSPS) is 11.6. The van der Waals surface area contributed by atoms with Crippen molar-refractivity contribution in [1.82, 2.24) is 15.0 Å². The van der Waals surface area contributed by atoms with E-state index in [9.17, 15) is 18.0 Å². The number of aryl methyl sites for hydroxylation is 1. The largest absolute Gasteiger partial charge is 0.406 e. The average molecular weight is 299 g/mol. The van der Waals surface area contributed by atoms with Gasteiger partial charge in [0.05, 0.1) is 16.6 Å². The molecule has 0 fully saturated rings. The van der Waals surface area contributed by atoms with Crippen LogP contribution in [0.1, 0.15) is 16.1 Å². The smallest absolute Gasteiger partial charge is 0.336 e. The molecule has 5 nitrogen and oxygen atoms in total. The van der Waals surface area contributed by atoms with E-state index in [2.05, 4.69) is 16.7 Å². The van der Waals surface area contributed by atoms with Crippen LogP contribution in [-0.2, 0) is 0 Å². The average Bonchev–Trinajstić information content (AvgIpc) is 2.77. The molecule has 0 spiro atoms. The van der Waals surface area contributed by atoms with Crippen LogP contribution in [0, 0.1) is 6.92 Å². The third-order valence-corrected chi connectivity index (χ3v) is 2.76. The number of hydrogen-bond acceptors (Lipinski definition) is 4. The maximum atomic E-state index is 12.5. The highest BCUT2D eigenvalue weighted by Gasteiger charge is 2.33. The highest BCUT2D eigenvalue weighted by atomic mass is 19.4. The van der Waals surface area contributed by atoms with Gasteiger partial charge in [0.25, 0.3) is 11.6 Å². The molecule has 112 valence electrons. The van der Waals surface area contributed by atoms with Crippen LogP contribution in [0.15, 0.2) is 29.4 Å². The van der Waals surface area contributed by atoms with Crippen molar-refractivity contribution in [2.45, 2.75) is 13.1 Å². The fourth-order valence-corrected chi connectivity index (χ4v) is 1.84. The zero-order valence-electron chi connectivity index (χ0n) is 11.1. The second-order valence-electron chi connectivity index (χ2n) is 4.43. The first-order chi connectivity index (χ1) is 9.81. The van der Waals surface area contributed by atoms with Crippen LogP contribution < -0.4 is 0 Å². The Morgan fingerprint density at radius 2 is 2.24 bits per heavy atom. The van der Waals surface area contributed by atoms with Crippen molar-refractivity contribution >= 4 is 17.0 Å². The summed E-state index contributed by atoms with van der Waals surface area (Å²) in [5.41, 5.74) is 0.785. The Labute approximate surface area is 118 Å². The van der Waals surface area contributed by atoms with Gasteiger partial charge in [-0.3, -0.25) is 4.79 Å². The van der Waals surface area contributed by atoms with Crippen molar-refractivity contribution in [3.63, 3.8) is 0 Å². The maximum Gasteiger partial charge on any atom is 0.406 e. The Morgan fingerprint density at radius 1 is 1.52 bits per heavy atom. The lowest BCUT2D eigenvalue weighted by Gasteiger charge is -2.22. The quantitative estimate of drug-likeness (QED) is 0.814. The third kappa shape index (κ3) is 3.39. The second kappa shape index (κ2) is 5.55. The fraction of sp³-hybridized carbons (Fsp3) is 0.308. The Morgan fingerprint density at radius 3 is 2.86 bits per heavy atom. The van der Waals surface area contributed by atoms with E-state index in [0.717, 1.165) is 0 Å². The van der Waals surface area contributed by atoms with Gasteiger partial charge in [-0.25, -0.2) is 4.98 Å². The second-order valence-corrected chi connectivity index (χ2v) is 4.43. The molecule has 0 aliphatic rings. The Balaban J connectivity index is 2.33. The number of alkyl halides is 3. The number of aromatic nitrogens is 2. The first kappa shape index (κ1) is 15.0. The van der Waals surface area contributed by atoms with E-state index in [-0.39, 0.29) is 17.8 Å². The van der Waals surface area contributed by atoms with Gasteiger partial charge in [-0.15, -0.1) is 6.58 Å². The molecule has 2 rings (SSSR count). The summed E-state index contributed by atoms with van der Waals surface area (Å²) in [6.45, 7) is 3.45. The first-order valence-electron chi connectivity index (χ1n) is 6.01. The molecule has 0 bridgehead atoms. The van der Waals surface area contributed by atoms with Crippen molar-refractivity contribution < 1.29 is 22.5 Å². The summed E-state index contributed by atoms with van der Waals surface area (Å²) in [6, 6.07) is 1.42. The predicted molar refractivity (Wildman–Crippen MR) is 68.7 cm³/mol. The number of halogens is 3. The monoisotopic (exact) mass is 299 g/mol. The van der Waals surface area contributed by atoms with Crippen molar-refractivity contribution in [2.24, 2.45) is 0 Å². The van der Waals surface area contributed by atoms with Crippen LogP contribution in [0.3, 0.4) is 0 Å². The van der Waals surface area contributed by atoms with Crippen molar-refractivity contribution in [2.75, 3.05) is 13.1 Å². The molecule has 2 aromatic heterocycles. The highest BCUT2D eigenvalue weighted by Crippen LogP contribution is 2.20. The molecule has 0 N–H and O–H groups in total. The molecule has 0 radical (unpaired) electrons. The molecule has 0 saturated heterocycles. The number of hydrogen-bond donors (Lipinski definition) is 0. The molecule has 0 aromatic carbocycles. The minimum absolute atomic E-state index is 0.0416. The molecule has 21 heavy (non-hydrogen) atoms. The number of carbonyl (C=O) groups is 1. The van der Waals surface area contributed by atoms with Gasteiger partial charge in [0.2, 0.25) is 0 Å². The van der Waals surface area contributed by atoms with Crippen LogP contribution in [0.4, 0.5) is 13.2 Å². The Kier molecular flexibility index (Phi) is 3.97. The molecule has 0 aliphatic carbocycles. The lowest BCUT2D eigenvalue weighted by molar-refractivity contribution is -0.139. The van der Waals surface area contributed by atoms with Crippen LogP contribution in [0.25, 0.3) is 11.1 Å². The number of carbonyl (C=O) groups excluding carboxylic acids is 1. The minimum Gasteiger partial charge on any atom is -0.336 e. The van der Waals surface area contributed by atoms with E-state index < -0.39 is 18.6 Å². The van der Waals surface area contributed by atoms with Crippen LogP contribution in [0.2, 0.25) is 0 Å². The number of fused-ring (bicyclic) bond motifs is 1.